The molecule has 0 N–H and O–H groups in total. The zero-order valence-corrected chi connectivity index (χ0v) is 14.1. The summed E-state index contributed by atoms with van der Waals surface area (Å²) in [5.41, 5.74) is 1.24. The van der Waals surface area contributed by atoms with E-state index in [4.69, 9.17) is 16.3 Å². The third-order valence-electron chi connectivity index (χ3n) is 4.73. The quantitative estimate of drug-likeness (QED) is 0.824. The Morgan fingerprint density at radius 1 is 1.45 bits per heavy atom. The molecule has 1 aromatic heterocycles. The molecule has 122 valence electrons. The zero-order chi connectivity index (χ0) is 15.9. The normalized spacial score (nSPS) is 26.1. The summed E-state index contributed by atoms with van der Waals surface area (Å²) in [6.45, 7) is 7.55. The van der Waals surface area contributed by atoms with Gasteiger partial charge >= 0.3 is 0 Å². The lowest BCUT2D eigenvalue weighted by atomic mass is 9.98. The van der Waals surface area contributed by atoms with Gasteiger partial charge in [-0.15, -0.1) is 0 Å². The van der Waals surface area contributed by atoms with Gasteiger partial charge in [-0.3, -0.25) is 14.4 Å². The fourth-order valence-corrected chi connectivity index (χ4v) is 3.76. The molecule has 0 aliphatic carbocycles. The van der Waals surface area contributed by atoms with Gasteiger partial charge in [0.2, 0.25) is 0 Å². The number of hydrogen-bond acceptors (Lipinski definition) is 4. The Hall–Kier alpha value is -1.11. The summed E-state index contributed by atoms with van der Waals surface area (Å²) in [6.07, 6.45) is 1.11. The first-order chi connectivity index (χ1) is 10.5. The number of ether oxygens (including phenoxy) is 1. The number of likely N-dealkylation sites (tertiary alicyclic amines) is 1. The minimum absolute atomic E-state index is 0.0142. The molecule has 2 atom stereocenters. The van der Waals surface area contributed by atoms with Crippen LogP contribution < -0.4 is 0 Å². The number of rotatable bonds is 2. The van der Waals surface area contributed by atoms with Gasteiger partial charge < -0.3 is 9.64 Å². The van der Waals surface area contributed by atoms with E-state index in [9.17, 15) is 4.79 Å². The summed E-state index contributed by atoms with van der Waals surface area (Å²) in [5.74, 6) is -0.0142. The molecule has 0 aromatic carbocycles. The molecule has 22 heavy (non-hydrogen) atoms. The molecule has 1 amide bonds. The number of fused-ring (bicyclic) bond motifs is 1. The summed E-state index contributed by atoms with van der Waals surface area (Å²) < 4.78 is 7.51. The first-order valence-electron chi connectivity index (χ1n) is 7.87. The van der Waals surface area contributed by atoms with Gasteiger partial charge in [-0.05, 0) is 27.3 Å². The number of carbonyl (C=O) groups is 1. The Balaban J connectivity index is 1.80. The molecule has 0 saturated carbocycles. The molecule has 7 heteroatoms. The van der Waals surface area contributed by atoms with Gasteiger partial charge in [-0.25, -0.2) is 0 Å². The van der Waals surface area contributed by atoms with Crippen LogP contribution in [0.25, 0.3) is 0 Å². The molecule has 6 nitrogen and oxygen atoms in total. The van der Waals surface area contributed by atoms with Crippen LogP contribution in [0.2, 0.25) is 5.15 Å². The van der Waals surface area contributed by atoms with E-state index in [1.165, 1.54) is 0 Å². The van der Waals surface area contributed by atoms with Crippen LogP contribution in [-0.4, -0.2) is 70.9 Å². The molecule has 2 aliphatic rings. The Morgan fingerprint density at radius 3 is 2.91 bits per heavy atom. The van der Waals surface area contributed by atoms with Crippen molar-refractivity contribution >= 4 is 17.5 Å². The van der Waals surface area contributed by atoms with E-state index in [-0.39, 0.29) is 18.1 Å². The lowest BCUT2D eigenvalue weighted by Gasteiger charge is -2.45. The van der Waals surface area contributed by atoms with Gasteiger partial charge in [-0.2, -0.15) is 5.10 Å². The highest BCUT2D eigenvalue weighted by atomic mass is 35.5. The number of hydrogen-bond donors (Lipinski definition) is 0. The van der Waals surface area contributed by atoms with Crippen LogP contribution in [0.1, 0.15) is 29.4 Å². The predicted molar refractivity (Wildman–Crippen MR) is 84.3 cm³/mol. The second-order valence-corrected chi connectivity index (χ2v) is 6.42. The number of morpholine rings is 1. The van der Waals surface area contributed by atoms with Crippen molar-refractivity contribution in [2.75, 3.05) is 33.3 Å². The predicted octanol–water partition coefficient (Wildman–Crippen LogP) is 1.41. The van der Waals surface area contributed by atoms with E-state index >= 15 is 0 Å². The zero-order valence-electron chi connectivity index (χ0n) is 13.4. The molecule has 2 unspecified atom stereocenters. The number of amides is 1. The smallest absolute Gasteiger partial charge is 0.258 e. The van der Waals surface area contributed by atoms with Crippen molar-refractivity contribution in [1.29, 1.82) is 0 Å². The molecular weight excluding hydrogens is 304 g/mol. The Labute approximate surface area is 136 Å². The maximum atomic E-state index is 12.9. The minimum atomic E-state index is -0.0142. The van der Waals surface area contributed by atoms with E-state index in [1.807, 2.05) is 18.7 Å². The topological polar surface area (TPSA) is 50.6 Å². The van der Waals surface area contributed by atoms with E-state index in [0.717, 1.165) is 19.6 Å². The van der Waals surface area contributed by atoms with E-state index in [0.29, 0.717) is 36.0 Å². The number of nitrogens with zero attached hydrogens (tertiary/aromatic N) is 4. The van der Waals surface area contributed by atoms with Gasteiger partial charge in [0, 0.05) is 26.2 Å². The summed E-state index contributed by atoms with van der Waals surface area (Å²) in [7, 11) is 2.10. The highest BCUT2D eigenvalue weighted by Crippen LogP contribution is 2.26. The van der Waals surface area contributed by atoms with Crippen molar-refractivity contribution in [2.45, 2.75) is 39.0 Å². The second-order valence-electron chi connectivity index (χ2n) is 6.06. The number of carbonyl (C=O) groups excluding carboxylic acids is 1. The third-order valence-corrected chi connectivity index (χ3v) is 5.11. The molecule has 2 fully saturated rings. The Bertz CT molecular complexity index is 574. The maximum absolute atomic E-state index is 12.9. The van der Waals surface area contributed by atoms with Crippen LogP contribution in [0.4, 0.5) is 0 Å². The van der Waals surface area contributed by atoms with Crippen molar-refractivity contribution in [3.63, 3.8) is 0 Å². The minimum Gasteiger partial charge on any atom is -0.375 e. The first-order valence-corrected chi connectivity index (χ1v) is 8.24. The van der Waals surface area contributed by atoms with Crippen molar-refractivity contribution in [3.05, 3.63) is 16.4 Å². The van der Waals surface area contributed by atoms with Gasteiger partial charge in [0.15, 0.2) is 0 Å². The number of halogens is 1. The fourth-order valence-electron chi connectivity index (χ4n) is 3.39. The molecule has 3 heterocycles. The van der Waals surface area contributed by atoms with Crippen molar-refractivity contribution < 1.29 is 9.53 Å². The Morgan fingerprint density at radius 2 is 2.23 bits per heavy atom. The average Bonchev–Trinajstić information content (AvgIpc) is 2.81. The third kappa shape index (κ3) is 2.64. The van der Waals surface area contributed by atoms with Crippen molar-refractivity contribution in [1.82, 2.24) is 19.6 Å². The fraction of sp³-hybridized carbons (Fsp3) is 0.733. The molecule has 2 saturated heterocycles. The summed E-state index contributed by atoms with van der Waals surface area (Å²) >= 11 is 6.33. The van der Waals surface area contributed by atoms with Gasteiger partial charge in [-0.1, -0.05) is 11.6 Å². The summed E-state index contributed by atoms with van der Waals surface area (Å²) in [5, 5.41) is 4.79. The van der Waals surface area contributed by atoms with Gasteiger partial charge in [0.05, 0.1) is 30.0 Å². The summed E-state index contributed by atoms with van der Waals surface area (Å²) in [4.78, 5) is 17.1. The van der Waals surface area contributed by atoms with Crippen LogP contribution in [0.3, 0.4) is 0 Å². The van der Waals surface area contributed by atoms with E-state index in [2.05, 4.69) is 17.0 Å². The lowest BCUT2D eigenvalue weighted by molar-refractivity contribution is -0.0893. The van der Waals surface area contributed by atoms with E-state index < -0.39 is 0 Å². The van der Waals surface area contributed by atoms with Crippen LogP contribution in [0, 0.1) is 6.92 Å². The highest BCUT2D eigenvalue weighted by Gasteiger charge is 2.38. The van der Waals surface area contributed by atoms with Crippen molar-refractivity contribution in [3.8, 4) is 0 Å². The molecule has 3 rings (SSSR count). The second kappa shape index (κ2) is 6.18. The number of likely N-dealkylation sites (N-methyl/N-ethyl adjacent to an activating group) is 1. The molecule has 0 radical (unpaired) electrons. The first kappa shape index (κ1) is 15.8. The Kier molecular flexibility index (Phi) is 4.43. The average molecular weight is 327 g/mol. The van der Waals surface area contributed by atoms with Gasteiger partial charge in [0.25, 0.3) is 5.91 Å². The largest absolute Gasteiger partial charge is 0.375 e. The monoisotopic (exact) mass is 326 g/mol. The van der Waals surface area contributed by atoms with Gasteiger partial charge in [0.1, 0.15) is 5.15 Å². The molecule has 2 aliphatic heterocycles. The number of aryl methyl sites for hydroxylation is 2. The lowest BCUT2D eigenvalue weighted by Crippen LogP contribution is -2.59. The number of piperidine rings is 1. The molecule has 0 spiro atoms. The van der Waals surface area contributed by atoms with Crippen molar-refractivity contribution in [2.24, 2.45) is 0 Å². The highest BCUT2D eigenvalue weighted by molar-refractivity contribution is 6.33. The molecule has 0 bridgehead atoms. The summed E-state index contributed by atoms with van der Waals surface area (Å²) in [6, 6.07) is 0.270. The maximum Gasteiger partial charge on any atom is 0.258 e. The SMILES string of the molecule is CCn1nc(C)c(C(=O)N2CCC3OCCN(C)C3C2)c1Cl. The standard InChI is InChI=1S/C15H23ClN4O2/c1-4-20-14(16)13(10(2)17-20)15(21)19-6-5-12-11(9-19)18(3)7-8-22-12/h11-12H,4-9H2,1-3H3. The van der Waals surface area contributed by atoms with Crippen LogP contribution >= 0.6 is 11.6 Å². The van der Waals surface area contributed by atoms with Crippen LogP contribution in [0.15, 0.2) is 0 Å². The van der Waals surface area contributed by atoms with Crippen LogP contribution in [-0.2, 0) is 11.3 Å². The number of aromatic nitrogens is 2. The van der Waals surface area contributed by atoms with E-state index in [1.54, 1.807) is 4.68 Å². The molecular formula is C15H23ClN4O2. The molecule has 1 aromatic rings. The van der Waals surface area contributed by atoms with Crippen LogP contribution in [0.5, 0.6) is 0 Å².